The van der Waals surface area contributed by atoms with Crippen molar-refractivity contribution in [2.24, 2.45) is 11.8 Å². The molecular weight excluding hydrogens is 505 g/mol. The van der Waals surface area contributed by atoms with Crippen LogP contribution in [0.5, 0.6) is 0 Å². The zero-order chi connectivity index (χ0) is 27.9. The number of amides is 1. The summed E-state index contributed by atoms with van der Waals surface area (Å²) >= 11 is 0. The molecule has 2 saturated carbocycles. The number of nitrogens with zero attached hydrogens (tertiary/aromatic N) is 4. The van der Waals surface area contributed by atoms with Crippen molar-refractivity contribution in [1.82, 2.24) is 14.9 Å². The van der Waals surface area contributed by atoms with E-state index in [-0.39, 0.29) is 5.91 Å². The SMILES string of the molecule is CC(=O)Nc1ccccc1C1CC2CC(N3CCN(c4ncc(F)cn4)CC3)CC2C1.O=C(O)/C=C/C(=O)O. The summed E-state index contributed by atoms with van der Waals surface area (Å²) in [5.41, 5.74) is 2.28. The summed E-state index contributed by atoms with van der Waals surface area (Å²) < 4.78 is 13.1. The molecule has 11 heteroatoms. The van der Waals surface area contributed by atoms with Gasteiger partial charge in [0.25, 0.3) is 0 Å². The van der Waals surface area contributed by atoms with Gasteiger partial charge in [-0.25, -0.2) is 23.9 Å². The summed E-state index contributed by atoms with van der Waals surface area (Å²) in [5.74, 6) is -0.178. The lowest BCUT2D eigenvalue weighted by Crippen LogP contribution is -2.50. The molecule has 1 aliphatic heterocycles. The minimum Gasteiger partial charge on any atom is -0.478 e. The number of fused-ring (bicyclic) bond motifs is 1. The molecule has 39 heavy (non-hydrogen) atoms. The monoisotopic (exact) mass is 539 g/mol. The van der Waals surface area contributed by atoms with Crippen molar-refractivity contribution in [3.05, 3.63) is 60.2 Å². The number of aliphatic carboxylic acids is 2. The number of hydrogen-bond acceptors (Lipinski definition) is 7. The molecule has 2 aromatic rings. The van der Waals surface area contributed by atoms with Crippen LogP contribution in [0.4, 0.5) is 16.0 Å². The van der Waals surface area contributed by atoms with Crippen molar-refractivity contribution < 1.29 is 29.0 Å². The van der Waals surface area contributed by atoms with E-state index in [1.165, 1.54) is 43.6 Å². The van der Waals surface area contributed by atoms with Crippen LogP contribution in [0.3, 0.4) is 0 Å². The highest BCUT2D eigenvalue weighted by Crippen LogP contribution is 2.52. The Labute approximate surface area is 226 Å². The van der Waals surface area contributed by atoms with Crippen LogP contribution >= 0.6 is 0 Å². The van der Waals surface area contributed by atoms with E-state index in [1.54, 1.807) is 6.92 Å². The number of nitrogens with one attached hydrogen (secondary N) is 1. The van der Waals surface area contributed by atoms with Gasteiger partial charge in [0.1, 0.15) is 0 Å². The topological polar surface area (TPSA) is 136 Å². The lowest BCUT2D eigenvalue weighted by Gasteiger charge is -2.38. The molecule has 2 aliphatic carbocycles. The van der Waals surface area contributed by atoms with Gasteiger partial charge in [0, 0.05) is 57.0 Å². The van der Waals surface area contributed by atoms with Gasteiger partial charge in [-0.2, -0.15) is 0 Å². The van der Waals surface area contributed by atoms with Gasteiger partial charge in [-0.15, -0.1) is 0 Å². The third-order valence-electron chi connectivity index (χ3n) is 7.79. The van der Waals surface area contributed by atoms with Crippen molar-refractivity contribution in [2.75, 3.05) is 36.4 Å². The molecule has 10 nitrogen and oxygen atoms in total. The first-order valence-corrected chi connectivity index (χ1v) is 13.2. The van der Waals surface area contributed by atoms with Gasteiger partial charge in [0.05, 0.1) is 12.4 Å². The first kappa shape index (κ1) is 28.2. The molecule has 0 spiro atoms. The molecule has 1 amide bonds. The Kier molecular flexibility index (Phi) is 9.23. The number of carbonyl (C=O) groups is 3. The molecule has 5 rings (SSSR count). The Balaban J connectivity index is 0.000000386. The van der Waals surface area contributed by atoms with Crippen LogP contribution in [0.25, 0.3) is 0 Å². The number of rotatable bonds is 6. The first-order chi connectivity index (χ1) is 18.7. The zero-order valence-corrected chi connectivity index (χ0v) is 21.9. The van der Waals surface area contributed by atoms with Crippen LogP contribution in [-0.2, 0) is 14.4 Å². The lowest BCUT2D eigenvalue weighted by atomic mass is 9.92. The number of para-hydroxylation sites is 1. The van der Waals surface area contributed by atoms with Gasteiger partial charge >= 0.3 is 11.9 Å². The third kappa shape index (κ3) is 7.60. The molecule has 2 unspecified atom stereocenters. The largest absolute Gasteiger partial charge is 0.478 e. The fraction of sp³-hybridized carbons (Fsp3) is 0.464. The van der Waals surface area contributed by atoms with E-state index < -0.39 is 17.8 Å². The zero-order valence-electron chi connectivity index (χ0n) is 21.9. The van der Waals surface area contributed by atoms with Crippen LogP contribution in [0.15, 0.2) is 48.8 Å². The van der Waals surface area contributed by atoms with Crippen molar-refractivity contribution in [2.45, 2.75) is 44.6 Å². The Morgan fingerprint density at radius 2 is 1.49 bits per heavy atom. The Bertz CT molecular complexity index is 1170. The van der Waals surface area contributed by atoms with Crippen LogP contribution < -0.4 is 10.2 Å². The third-order valence-corrected chi connectivity index (χ3v) is 7.79. The second-order valence-electron chi connectivity index (χ2n) is 10.3. The van der Waals surface area contributed by atoms with Crippen LogP contribution in [0.1, 0.15) is 44.1 Å². The number of piperazine rings is 1. The Morgan fingerprint density at radius 3 is 2.03 bits per heavy atom. The molecule has 1 aromatic heterocycles. The van der Waals surface area contributed by atoms with Crippen molar-refractivity contribution in [1.29, 1.82) is 0 Å². The number of anilines is 2. The molecule has 0 radical (unpaired) electrons. The van der Waals surface area contributed by atoms with E-state index in [1.807, 2.05) is 12.1 Å². The first-order valence-electron chi connectivity index (χ1n) is 13.2. The number of carboxylic acid groups (broad SMARTS) is 2. The molecule has 3 N–H and O–H groups in total. The molecule has 3 fully saturated rings. The standard InChI is InChI=1S/C24H30FN5O.C4H4O4/c1-16(31)28-23-5-3-2-4-22(23)19-10-17-12-21(13-18(17)11-19)29-6-8-30(9-7-29)24-26-14-20(25)15-27-24;5-3(6)1-2-4(7)8/h2-5,14-15,17-19,21H,6-13H2,1H3,(H,28,31);1-2H,(H,5,6)(H,7,8)/b;2-1+. The van der Waals surface area contributed by atoms with E-state index in [0.29, 0.717) is 30.1 Å². The summed E-state index contributed by atoms with van der Waals surface area (Å²) in [6, 6.07) is 8.96. The average Bonchev–Trinajstić information content (AvgIpc) is 3.48. The molecule has 3 aliphatic rings. The maximum atomic E-state index is 13.1. The fourth-order valence-electron chi connectivity index (χ4n) is 6.19. The fourth-order valence-corrected chi connectivity index (χ4v) is 6.19. The quantitative estimate of drug-likeness (QED) is 0.472. The summed E-state index contributed by atoms with van der Waals surface area (Å²) in [5, 5.41) is 18.6. The minimum atomic E-state index is -1.26. The average molecular weight is 540 g/mol. The van der Waals surface area contributed by atoms with E-state index in [9.17, 15) is 18.8 Å². The molecule has 1 aromatic carbocycles. The number of carbonyl (C=O) groups excluding carboxylic acids is 1. The number of aromatic nitrogens is 2. The van der Waals surface area contributed by atoms with E-state index in [4.69, 9.17) is 10.2 Å². The molecule has 0 bridgehead atoms. The highest BCUT2D eigenvalue weighted by Gasteiger charge is 2.44. The van der Waals surface area contributed by atoms with Crippen LogP contribution in [0, 0.1) is 17.7 Å². The summed E-state index contributed by atoms with van der Waals surface area (Å²) in [7, 11) is 0. The normalized spacial score (nSPS) is 24.6. The predicted octanol–water partition coefficient (Wildman–Crippen LogP) is 3.38. The van der Waals surface area contributed by atoms with E-state index in [0.717, 1.165) is 43.7 Å². The predicted molar refractivity (Wildman–Crippen MR) is 143 cm³/mol. The summed E-state index contributed by atoms with van der Waals surface area (Å²) in [6.45, 7) is 5.39. The Morgan fingerprint density at radius 1 is 0.923 bits per heavy atom. The van der Waals surface area contributed by atoms with Crippen LogP contribution in [0.2, 0.25) is 0 Å². The number of hydrogen-bond donors (Lipinski definition) is 3. The smallest absolute Gasteiger partial charge is 0.328 e. The summed E-state index contributed by atoms with van der Waals surface area (Å²) in [4.78, 5) is 43.7. The number of benzene rings is 1. The lowest BCUT2D eigenvalue weighted by molar-refractivity contribution is -0.134. The van der Waals surface area contributed by atoms with Gasteiger partial charge in [-0.3, -0.25) is 9.69 Å². The van der Waals surface area contributed by atoms with Crippen molar-refractivity contribution in [3.8, 4) is 0 Å². The molecule has 1 saturated heterocycles. The van der Waals surface area contributed by atoms with Crippen molar-refractivity contribution >= 4 is 29.5 Å². The maximum absolute atomic E-state index is 13.1. The van der Waals surface area contributed by atoms with Gasteiger partial charge in [0.15, 0.2) is 5.82 Å². The second-order valence-corrected chi connectivity index (χ2v) is 10.3. The van der Waals surface area contributed by atoms with Gasteiger partial charge in [-0.05, 0) is 55.1 Å². The minimum absolute atomic E-state index is 0.00381. The summed E-state index contributed by atoms with van der Waals surface area (Å²) in [6.07, 6.45) is 8.60. The molecule has 2 heterocycles. The highest BCUT2D eigenvalue weighted by molar-refractivity contribution is 5.90. The number of halogens is 1. The van der Waals surface area contributed by atoms with Crippen molar-refractivity contribution in [3.63, 3.8) is 0 Å². The van der Waals surface area contributed by atoms with E-state index in [2.05, 4.69) is 37.2 Å². The number of carboxylic acids is 2. The molecule has 208 valence electrons. The van der Waals surface area contributed by atoms with E-state index >= 15 is 0 Å². The second kappa shape index (κ2) is 12.8. The molecule has 2 atom stereocenters. The highest BCUT2D eigenvalue weighted by atomic mass is 19.1. The Hall–Kier alpha value is -3.86. The maximum Gasteiger partial charge on any atom is 0.328 e. The van der Waals surface area contributed by atoms with Gasteiger partial charge < -0.3 is 20.4 Å². The molecular formula is C28H34FN5O5. The van der Waals surface area contributed by atoms with Gasteiger partial charge in [-0.1, -0.05) is 18.2 Å². The van der Waals surface area contributed by atoms with Crippen LogP contribution in [-0.4, -0.2) is 75.1 Å². The van der Waals surface area contributed by atoms with Gasteiger partial charge in [0.2, 0.25) is 11.9 Å².